The van der Waals surface area contributed by atoms with Crippen molar-refractivity contribution in [3.63, 3.8) is 0 Å². The van der Waals surface area contributed by atoms with Gasteiger partial charge in [-0.1, -0.05) is 18.2 Å². The van der Waals surface area contributed by atoms with Gasteiger partial charge in [0.25, 0.3) is 5.91 Å². The maximum Gasteiger partial charge on any atom is 0.263 e. The summed E-state index contributed by atoms with van der Waals surface area (Å²) in [5.74, 6) is 0.153. The molecule has 1 saturated heterocycles. The molecule has 0 aliphatic carbocycles. The fourth-order valence-corrected chi connectivity index (χ4v) is 3.52. The second-order valence-electron chi connectivity index (χ2n) is 5.71. The largest absolute Gasteiger partial charge is 0.337 e. The Labute approximate surface area is 140 Å². The molecule has 1 fully saturated rings. The van der Waals surface area contributed by atoms with Gasteiger partial charge in [0.2, 0.25) is 0 Å². The summed E-state index contributed by atoms with van der Waals surface area (Å²) >= 11 is 1.51. The van der Waals surface area contributed by atoms with Crippen LogP contribution in [-0.2, 0) is 6.54 Å². The minimum atomic E-state index is 0.153. The van der Waals surface area contributed by atoms with Crippen LogP contribution < -0.4 is 0 Å². The van der Waals surface area contributed by atoms with Crippen LogP contribution in [0.3, 0.4) is 0 Å². The highest BCUT2D eigenvalue weighted by molar-refractivity contribution is 7.12. The fourth-order valence-electron chi connectivity index (χ4n) is 2.83. The van der Waals surface area contributed by atoms with Gasteiger partial charge in [-0.15, -0.1) is 11.3 Å². The highest BCUT2D eigenvalue weighted by atomic mass is 32.1. The lowest BCUT2D eigenvalue weighted by molar-refractivity contribution is 0.0766. The quantitative estimate of drug-likeness (QED) is 0.871. The van der Waals surface area contributed by atoms with Gasteiger partial charge in [0.05, 0.1) is 16.5 Å². The fraction of sp³-hybridized carbons (Fsp3) is 0.333. The molecule has 0 N–H and O–H groups in total. The number of nitrogens with zero attached hydrogens (tertiary/aromatic N) is 3. The molecule has 0 atom stereocenters. The van der Waals surface area contributed by atoms with E-state index in [0.717, 1.165) is 44.0 Å². The topological polar surface area (TPSA) is 47.3 Å². The molecule has 1 aromatic heterocycles. The minimum Gasteiger partial charge on any atom is -0.337 e. The van der Waals surface area contributed by atoms with Crippen LogP contribution in [0.15, 0.2) is 41.8 Å². The molecule has 3 rings (SSSR count). The molecule has 1 aromatic carbocycles. The van der Waals surface area contributed by atoms with Gasteiger partial charge < -0.3 is 4.90 Å². The summed E-state index contributed by atoms with van der Waals surface area (Å²) in [6, 6.07) is 13.7. The molecule has 5 heteroatoms. The molecule has 2 heterocycles. The molecule has 0 radical (unpaired) electrons. The first-order valence-electron chi connectivity index (χ1n) is 7.80. The van der Waals surface area contributed by atoms with Crippen molar-refractivity contribution >= 4 is 17.2 Å². The van der Waals surface area contributed by atoms with Gasteiger partial charge in [-0.2, -0.15) is 5.26 Å². The molecular weight excluding hydrogens is 306 g/mol. The maximum absolute atomic E-state index is 12.4. The molecule has 4 nitrogen and oxygen atoms in total. The van der Waals surface area contributed by atoms with E-state index in [4.69, 9.17) is 5.26 Å². The zero-order valence-corrected chi connectivity index (χ0v) is 13.8. The SMILES string of the molecule is N#Cc1ccc(CN2CCCN(C(=O)c3cccs3)CC2)cc1. The summed E-state index contributed by atoms with van der Waals surface area (Å²) in [5, 5.41) is 10.8. The van der Waals surface area contributed by atoms with Crippen LogP contribution in [0, 0.1) is 11.3 Å². The van der Waals surface area contributed by atoms with E-state index in [9.17, 15) is 4.79 Å². The summed E-state index contributed by atoms with van der Waals surface area (Å²) < 4.78 is 0. The van der Waals surface area contributed by atoms with Crippen molar-refractivity contribution in [2.24, 2.45) is 0 Å². The Balaban J connectivity index is 1.58. The van der Waals surface area contributed by atoms with Gasteiger partial charge in [-0.05, 0) is 35.6 Å². The highest BCUT2D eigenvalue weighted by Gasteiger charge is 2.20. The number of nitriles is 1. The van der Waals surface area contributed by atoms with Gasteiger partial charge in [-0.25, -0.2) is 0 Å². The summed E-state index contributed by atoms with van der Waals surface area (Å²) in [6.07, 6.45) is 0.993. The molecule has 0 spiro atoms. The molecule has 0 bridgehead atoms. The van der Waals surface area contributed by atoms with Crippen LogP contribution >= 0.6 is 11.3 Å². The second-order valence-corrected chi connectivity index (χ2v) is 6.66. The summed E-state index contributed by atoms with van der Waals surface area (Å²) in [4.78, 5) is 17.6. The molecular formula is C18H19N3OS. The van der Waals surface area contributed by atoms with E-state index < -0.39 is 0 Å². The van der Waals surface area contributed by atoms with Crippen molar-refractivity contribution in [1.82, 2.24) is 9.80 Å². The highest BCUT2D eigenvalue weighted by Crippen LogP contribution is 2.15. The number of thiophene rings is 1. The Hall–Kier alpha value is -2.16. The molecule has 0 unspecified atom stereocenters. The molecule has 0 saturated carbocycles. The van der Waals surface area contributed by atoms with Crippen molar-refractivity contribution in [2.45, 2.75) is 13.0 Å². The van der Waals surface area contributed by atoms with Crippen molar-refractivity contribution in [3.05, 3.63) is 57.8 Å². The summed E-state index contributed by atoms with van der Waals surface area (Å²) in [5.41, 5.74) is 1.90. The van der Waals surface area contributed by atoms with Crippen molar-refractivity contribution < 1.29 is 4.79 Å². The molecule has 23 heavy (non-hydrogen) atoms. The van der Waals surface area contributed by atoms with Crippen LogP contribution in [0.2, 0.25) is 0 Å². The van der Waals surface area contributed by atoms with Gasteiger partial charge in [-0.3, -0.25) is 9.69 Å². The number of benzene rings is 1. The first-order valence-corrected chi connectivity index (χ1v) is 8.68. The van der Waals surface area contributed by atoms with Gasteiger partial charge in [0.15, 0.2) is 0 Å². The molecule has 118 valence electrons. The van der Waals surface area contributed by atoms with Crippen LogP contribution in [0.5, 0.6) is 0 Å². The van der Waals surface area contributed by atoms with E-state index in [1.165, 1.54) is 16.9 Å². The van der Waals surface area contributed by atoms with Crippen LogP contribution in [-0.4, -0.2) is 41.9 Å². The van der Waals surface area contributed by atoms with Gasteiger partial charge in [0, 0.05) is 32.7 Å². The van der Waals surface area contributed by atoms with E-state index in [2.05, 4.69) is 11.0 Å². The van der Waals surface area contributed by atoms with Crippen molar-refractivity contribution in [3.8, 4) is 6.07 Å². The Kier molecular flexibility index (Phi) is 5.06. The third-order valence-corrected chi connectivity index (χ3v) is 4.95. The van der Waals surface area contributed by atoms with Gasteiger partial charge >= 0.3 is 0 Å². The lowest BCUT2D eigenvalue weighted by atomic mass is 10.1. The van der Waals surface area contributed by atoms with Crippen molar-refractivity contribution in [1.29, 1.82) is 5.26 Å². The molecule has 1 amide bonds. The second kappa shape index (κ2) is 7.40. The predicted molar refractivity (Wildman–Crippen MR) is 91.3 cm³/mol. The standard InChI is InChI=1S/C18H19N3OS/c19-13-15-4-6-16(7-5-15)14-20-8-2-9-21(11-10-20)18(22)17-3-1-12-23-17/h1,3-7,12H,2,8-11,14H2. The maximum atomic E-state index is 12.4. The number of carbonyl (C=O) groups is 1. The smallest absolute Gasteiger partial charge is 0.263 e. The zero-order chi connectivity index (χ0) is 16.1. The van der Waals surface area contributed by atoms with E-state index in [1.54, 1.807) is 0 Å². The first kappa shape index (κ1) is 15.7. The van der Waals surface area contributed by atoms with E-state index in [0.29, 0.717) is 5.56 Å². The lowest BCUT2D eigenvalue weighted by Crippen LogP contribution is -2.34. The average molecular weight is 325 g/mol. The zero-order valence-electron chi connectivity index (χ0n) is 12.9. The Morgan fingerprint density at radius 3 is 2.65 bits per heavy atom. The van der Waals surface area contributed by atoms with Crippen LogP contribution in [0.25, 0.3) is 0 Å². The number of carbonyl (C=O) groups excluding carboxylic acids is 1. The first-order chi connectivity index (χ1) is 11.3. The summed E-state index contributed by atoms with van der Waals surface area (Å²) in [7, 11) is 0. The lowest BCUT2D eigenvalue weighted by Gasteiger charge is -2.21. The number of amides is 1. The van der Waals surface area contributed by atoms with Crippen molar-refractivity contribution in [2.75, 3.05) is 26.2 Å². The predicted octanol–water partition coefficient (Wildman–Crippen LogP) is 2.97. The third kappa shape index (κ3) is 3.98. The minimum absolute atomic E-state index is 0.153. The number of rotatable bonds is 3. The summed E-state index contributed by atoms with van der Waals surface area (Å²) in [6.45, 7) is 4.34. The Bertz CT molecular complexity index is 688. The molecule has 1 aliphatic heterocycles. The average Bonchev–Trinajstić information content (AvgIpc) is 3.02. The Morgan fingerprint density at radius 1 is 1.13 bits per heavy atom. The van der Waals surface area contributed by atoms with Crippen LogP contribution in [0.4, 0.5) is 0 Å². The monoisotopic (exact) mass is 325 g/mol. The van der Waals surface area contributed by atoms with E-state index in [1.807, 2.05) is 46.7 Å². The normalized spacial score (nSPS) is 15.9. The van der Waals surface area contributed by atoms with E-state index in [-0.39, 0.29) is 5.91 Å². The third-order valence-electron chi connectivity index (χ3n) is 4.10. The van der Waals surface area contributed by atoms with Gasteiger partial charge in [0.1, 0.15) is 0 Å². The van der Waals surface area contributed by atoms with Crippen LogP contribution in [0.1, 0.15) is 27.2 Å². The number of hydrogen-bond acceptors (Lipinski definition) is 4. The molecule has 2 aromatic rings. The molecule has 1 aliphatic rings. The van der Waals surface area contributed by atoms with E-state index >= 15 is 0 Å². The Morgan fingerprint density at radius 2 is 1.96 bits per heavy atom. The number of hydrogen-bond donors (Lipinski definition) is 0.